The van der Waals surface area contributed by atoms with E-state index in [1.54, 1.807) is 0 Å². The number of carbonyl (C=O) groups is 1. The smallest absolute Gasteiger partial charge is 0.317 e. The molecule has 3 aliphatic rings. The van der Waals surface area contributed by atoms with Crippen LogP contribution < -0.4 is 14.8 Å². The molecule has 136 valence electrons. The summed E-state index contributed by atoms with van der Waals surface area (Å²) in [7, 11) is 0. The number of hydrogen-bond donors (Lipinski definition) is 1. The highest BCUT2D eigenvalue weighted by Gasteiger charge is 2.26. The van der Waals surface area contributed by atoms with Crippen LogP contribution in [0, 0.1) is 0 Å². The van der Waals surface area contributed by atoms with Crippen LogP contribution in [0.4, 0.5) is 4.79 Å². The van der Waals surface area contributed by atoms with Crippen molar-refractivity contribution in [1.82, 2.24) is 15.1 Å². The molecule has 0 aromatic heterocycles. The Morgan fingerprint density at radius 3 is 2.76 bits per heavy atom. The molecular formula is C19H27N3O3. The molecule has 25 heavy (non-hydrogen) atoms. The predicted molar refractivity (Wildman–Crippen MR) is 95.6 cm³/mol. The average Bonchev–Trinajstić information content (AvgIpc) is 3.30. The lowest BCUT2D eigenvalue weighted by Gasteiger charge is -2.34. The molecule has 3 aliphatic heterocycles. The van der Waals surface area contributed by atoms with E-state index >= 15 is 0 Å². The maximum Gasteiger partial charge on any atom is 0.317 e. The third kappa shape index (κ3) is 3.27. The van der Waals surface area contributed by atoms with Gasteiger partial charge in [0.1, 0.15) is 11.5 Å². The molecule has 0 unspecified atom stereocenters. The topological polar surface area (TPSA) is 54.0 Å². The number of carbonyl (C=O) groups excluding carboxylic acids is 1. The predicted octanol–water partition coefficient (Wildman–Crippen LogP) is 1.45. The first-order chi connectivity index (χ1) is 12.3. The molecule has 1 saturated heterocycles. The Kier molecular flexibility index (Phi) is 4.70. The quantitative estimate of drug-likeness (QED) is 0.897. The van der Waals surface area contributed by atoms with Gasteiger partial charge in [-0.05, 0) is 19.0 Å². The second-order valence-corrected chi connectivity index (χ2v) is 6.92. The van der Waals surface area contributed by atoms with Crippen molar-refractivity contribution in [2.45, 2.75) is 26.2 Å². The van der Waals surface area contributed by atoms with Gasteiger partial charge in [0.25, 0.3) is 0 Å². The van der Waals surface area contributed by atoms with Gasteiger partial charge in [-0.3, -0.25) is 0 Å². The minimum Gasteiger partial charge on any atom is -0.493 e. The van der Waals surface area contributed by atoms with E-state index in [0.29, 0.717) is 6.54 Å². The number of benzene rings is 1. The fourth-order valence-corrected chi connectivity index (χ4v) is 4.02. The summed E-state index contributed by atoms with van der Waals surface area (Å²) in [6.45, 7) is 8.92. The Morgan fingerprint density at radius 1 is 1.16 bits per heavy atom. The normalized spacial score (nSPS) is 19.2. The first-order valence-corrected chi connectivity index (χ1v) is 9.44. The Hall–Kier alpha value is -1.95. The van der Waals surface area contributed by atoms with Crippen molar-refractivity contribution < 1.29 is 14.3 Å². The summed E-state index contributed by atoms with van der Waals surface area (Å²) in [6.07, 6.45) is 2.69. The summed E-state index contributed by atoms with van der Waals surface area (Å²) < 4.78 is 11.6. The van der Waals surface area contributed by atoms with Crippen LogP contribution in [0.1, 0.15) is 23.6 Å². The lowest BCUT2D eigenvalue weighted by atomic mass is 9.97. The monoisotopic (exact) mass is 345 g/mol. The second-order valence-electron chi connectivity index (χ2n) is 6.92. The molecule has 6 nitrogen and oxygen atoms in total. The summed E-state index contributed by atoms with van der Waals surface area (Å²) in [5.41, 5.74) is 3.75. The Morgan fingerprint density at radius 2 is 1.96 bits per heavy atom. The van der Waals surface area contributed by atoms with Crippen molar-refractivity contribution in [3.63, 3.8) is 0 Å². The molecule has 0 bridgehead atoms. The maximum atomic E-state index is 12.4. The van der Waals surface area contributed by atoms with Crippen LogP contribution in [-0.4, -0.2) is 68.3 Å². The fourth-order valence-electron chi connectivity index (χ4n) is 4.02. The van der Waals surface area contributed by atoms with E-state index in [0.717, 1.165) is 76.7 Å². The van der Waals surface area contributed by atoms with Crippen LogP contribution >= 0.6 is 0 Å². The van der Waals surface area contributed by atoms with Gasteiger partial charge in [-0.2, -0.15) is 0 Å². The molecule has 1 aromatic carbocycles. The zero-order valence-corrected chi connectivity index (χ0v) is 15.0. The van der Waals surface area contributed by atoms with Gasteiger partial charge in [-0.25, -0.2) is 4.79 Å². The van der Waals surface area contributed by atoms with Gasteiger partial charge in [0.2, 0.25) is 0 Å². The number of hydrogen-bond acceptors (Lipinski definition) is 4. The number of piperazine rings is 1. The van der Waals surface area contributed by atoms with Crippen LogP contribution in [0.2, 0.25) is 0 Å². The number of rotatable bonds is 4. The highest BCUT2D eigenvalue weighted by atomic mass is 16.5. The Bertz CT molecular complexity index is 622. The van der Waals surface area contributed by atoms with Gasteiger partial charge < -0.3 is 24.6 Å². The van der Waals surface area contributed by atoms with E-state index < -0.39 is 0 Å². The molecule has 1 fully saturated rings. The lowest BCUT2D eigenvalue weighted by Crippen LogP contribution is -2.51. The SMILES string of the molecule is CCN1CCN(C(=O)NCCc2c3c(cc4c2OCC4)OCC3)CC1. The largest absolute Gasteiger partial charge is 0.493 e. The van der Waals surface area contributed by atoms with E-state index in [-0.39, 0.29) is 6.03 Å². The summed E-state index contributed by atoms with van der Waals surface area (Å²) in [5, 5.41) is 3.09. The molecule has 0 aliphatic carbocycles. The molecular weight excluding hydrogens is 318 g/mol. The first-order valence-electron chi connectivity index (χ1n) is 9.44. The van der Waals surface area contributed by atoms with E-state index in [1.165, 1.54) is 16.7 Å². The highest BCUT2D eigenvalue weighted by molar-refractivity contribution is 5.74. The molecule has 0 radical (unpaired) electrons. The number of fused-ring (bicyclic) bond motifs is 2. The third-order valence-electron chi connectivity index (χ3n) is 5.52. The van der Waals surface area contributed by atoms with Crippen LogP contribution in [0.3, 0.4) is 0 Å². The van der Waals surface area contributed by atoms with Gasteiger partial charge in [-0.15, -0.1) is 0 Å². The van der Waals surface area contributed by atoms with Crippen LogP contribution in [0.5, 0.6) is 11.5 Å². The molecule has 4 rings (SSSR count). The number of amides is 2. The van der Waals surface area contributed by atoms with E-state index in [4.69, 9.17) is 9.47 Å². The van der Waals surface area contributed by atoms with Crippen molar-refractivity contribution in [2.75, 3.05) is 52.5 Å². The number of nitrogens with zero attached hydrogens (tertiary/aromatic N) is 2. The van der Waals surface area contributed by atoms with Crippen LogP contribution in [0.15, 0.2) is 6.07 Å². The number of ether oxygens (including phenoxy) is 2. The number of urea groups is 1. The molecule has 1 aromatic rings. The van der Waals surface area contributed by atoms with Crippen molar-refractivity contribution in [1.29, 1.82) is 0 Å². The van der Waals surface area contributed by atoms with Crippen molar-refractivity contribution in [3.8, 4) is 11.5 Å². The van der Waals surface area contributed by atoms with Crippen LogP contribution in [0.25, 0.3) is 0 Å². The molecule has 6 heteroatoms. The Balaban J connectivity index is 1.36. The first kappa shape index (κ1) is 16.5. The minimum atomic E-state index is 0.0529. The second kappa shape index (κ2) is 7.12. The van der Waals surface area contributed by atoms with E-state index in [9.17, 15) is 4.79 Å². The zero-order chi connectivity index (χ0) is 17.2. The molecule has 0 spiro atoms. The summed E-state index contributed by atoms with van der Waals surface area (Å²) >= 11 is 0. The molecule has 3 heterocycles. The Labute approximate surface area is 149 Å². The van der Waals surface area contributed by atoms with Crippen molar-refractivity contribution in [2.24, 2.45) is 0 Å². The summed E-state index contributed by atoms with van der Waals surface area (Å²) in [5.74, 6) is 2.05. The summed E-state index contributed by atoms with van der Waals surface area (Å²) in [4.78, 5) is 16.7. The zero-order valence-electron chi connectivity index (χ0n) is 15.0. The van der Waals surface area contributed by atoms with Gasteiger partial charge in [0.15, 0.2) is 0 Å². The molecule has 0 atom stereocenters. The average molecular weight is 345 g/mol. The number of nitrogens with one attached hydrogen (secondary N) is 1. The molecule has 1 N–H and O–H groups in total. The van der Waals surface area contributed by atoms with Crippen LogP contribution in [-0.2, 0) is 19.3 Å². The standard InChI is InChI=1S/C19H27N3O3/c1-2-21-7-9-22(10-8-21)19(23)20-6-3-16-15-5-12-24-17(15)13-14-4-11-25-18(14)16/h13H,2-12H2,1H3,(H,20,23). The van der Waals surface area contributed by atoms with Gasteiger partial charge in [-0.1, -0.05) is 6.92 Å². The minimum absolute atomic E-state index is 0.0529. The van der Waals surface area contributed by atoms with Gasteiger partial charge >= 0.3 is 6.03 Å². The molecule has 0 saturated carbocycles. The van der Waals surface area contributed by atoms with E-state index in [1.807, 2.05) is 4.90 Å². The van der Waals surface area contributed by atoms with Crippen molar-refractivity contribution in [3.05, 3.63) is 22.8 Å². The number of likely N-dealkylation sites (N-methyl/N-ethyl adjacent to an activating group) is 1. The van der Waals surface area contributed by atoms with Gasteiger partial charge in [0.05, 0.1) is 13.2 Å². The van der Waals surface area contributed by atoms with Crippen molar-refractivity contribution >= 4 is 6.03 Å². The lowest BCUT2D eigenvalue weighted by molar-refractivity contribution is 0.143. The van der Waals surface area contributed by atoms with E-state index in [2.05, 4.69) is 23.2 Å². The highest BCUT2D eigenvalue weighted by Crippen LogP contribution is 2.40. The third-order valence-corrected chi connectivity index (χ3v) is 5.52. The molecule has 2 amide bonds. The van der Waals surface area contributed by atoms with Gasteiger partial charge in [0, 0.05) is 62.3 Å². The fraction of sp³-hybridized carbons (Fsp3) is 0.632. The summed E-state index contributed by atoms with van der Waals surface area (Å²) in [6, 6.07) is 2.19. The maximum absolute atomic E-state index is 12.4.